The molecule has 1 aromatic carbocycles. The molecule has 0 bridgehead atoms. The third-order valence-corrected chi connectivity index (χ3v) is 5.62. The summed E-state index contributed by atoms with van der Waals surface area (Å²) in [6.07, 6.45) is 0.390. The number of sulfonamides is 1. The van der Waals surface area contributed by atoms with Gasteiger partial charge in [0, 0.05) is 13.7 Å². The van der Waals surface area contributed by atoms with Crippen LogP contribution in [0.5, 0.6) is 0 Å². The Kier molecular flexibility index (Phi) is 4.43. The van der Waals surface area contributed by atoms with Crippen molar-refractivity contribution in [2.45, 2.75) is 37.0 Å². The van der Waals surface area contributed by atoms with Crippen LogP contribution >= 0.6 is 0 Å². The Morgan fingerprint density at radius 3 is 2.75 bits per heavy atom. The lowest BCUT2D eigenvalue weighted by Crippen LogP contribution is -2.41. The second-order valence-corrected chi connectivity index (χ2v) is 6.83. The molecular weight excluding hydrogens is 285 g/mol. The van der Waals surface area contributed by atoms with Crippen LogP contribution in [0.1, 0.15) is 18.9 Å². The SMILES string of the molecule is CC1OCCC1N(C)S(=O)(=O)c1cc(F)ccc1CO. The van der Waals surface area contributed by atoms with Crippen LogP contribution in [0.15, 0.2) is 23.1 Å². The summed E-state index contributed by atoms with van der Waals surface area (Å²) in [7, 11) is -2.41. The molecule has 0 aromatic heterocycles. The third kappa shape index (κ3) is 2.71. The summed E-state index contributed by atoms with van der Waals surface area (Å²) < 4.78 is 45.1. The van der Waals surface area contributed by atoms with E-state index < -0.39 is 22.4 Å². The summed E-state index contributed by atoms with van der Waals surface area (Å²) >= 11 is 0. The molecule has 2 atom stereocenters. The van der Waals surface area contributed by atoms with Gasteiger partial charge < -0.3 is 9.84 Å². The molecular formula is C13H18FNO4S. The van der Waals surface area contributed by atoms with Gasteiger partial charge in [-0.25, -0.2) is 12.8 Å². The van der Waals surface area contributed by atoms with Gasteiger partial charge in [-0.3, -0.25) is 0 Å². The summed E-state index contributed by atoms with van der Waals surface area (Å²) in [5.74, 6) is -0.648. The average Bonchev–Trinajstić information content (AvgIpc) is 2.83. The molecule has 0 amide bonds. The second kappa shape index (κ2) is 5.77. The van der Waals surface area contributed by atoms with Gasteiger partial charge in [0.05, 0.1) is 23.6 Å². The number of halogens is 1. The first kappa shape index (κ1) is 15.4. The summed E-state index contributed by atoms with van der Waals surface area (Å²) in [5, 5.41) is 9.24. The van der Waals surface area contributed by atoms with Crippen molar-refractivity contribution < 1.29 is 22.7 Å². The standard InChI is InChI=1S/C13H18FNO4S/c1-9-12(5-6-19-9)15(2)20(17,18)13-7-11(14)4-3-10(13)8-16/h3-4,7,9,12,16H,5-6,8H2,1-2H3. The Bertz CT molecular complexity index is 590. The Hall–Kier alpha value is -1.02. The van der Waals surface area contributed by atoms with E-state index in [1.807, 2.05) is 6.92 Å². The molecule has 2 rings (SSSR count). The summed E-state index contributed by atoms with van der Waals surface area (Å²) in [6.45, 7) is 1.85. The van der Waals surface area contributed by atoms with E-state index >= 15 is 0 Å². The van der Waals surface area contributed by atoms with Crippen LogP contribution < -0.4 is 0 Å². The largest absolute Gasteiger partial charge is 0.392 e. The fourth-order valence-electron chi connectivity index (χ4n) is 2.43. The van der Waals surface area contributed by atoms with Crippen molar-refractivity contribution in [1.82, 2.24) is 4.31 Å². The Balaban J connectivity index is 2.42. The quantitative estimate of drug-likeness (QED) is 0.905. The number of rotatable bonds is 4. The van der Waals surface area contributed by atoms with Crippen LogP contribution in [0.25, 0.3) is 0 Å². The van der Waals surface area contributed by atoms with Crippen molar-refractivity contribution in [3.05, 3.63) is 29.6 Å². The molecule has 5 nitrogen and oxygen atoms in total. The smallest absolute Gasteiger partial charge is 0.243 e. The van der Waals surface area contributed by atoms with E-state index in [1.165, 1.54) is 17.4 Å². The summed E-state index contributed by atoms with van der Waals surface area (Å²) in [6, 6.07) is 3.07. The maximum atomic E-state index is 13.3. The highest BCUT2D eigenvalue weighted by molar-refractivity contribution is 7.89. The van der Waals surface area contributed by atoms with Crippen LogP contribution in [0, 0.1) is 5.82 Å². The molecule has 1 N–H and O–H groups in total. The van der Waals surface area contributed by atoms with Gasteiger partial charge in [-0.15, -0.1) is 0 Å². The first-order chi connectivity index (χ1) is 9.37. The highest BCUT2D eigenvalue weighted by Gasteiger charge is 2.36. The van der Waals surface area contributed by atoms with E-state index in [0.717, 1.165) is 12.1 Å². The normalized spacial score (nSPS) is 23.4. The van der Waals surface area contributed by atoms with Crippen LogP contribution in [-0.2, 0) is 21.4 Å². The van der Waals surface area contributed by atoms with Gasteiger partial charge in [0.25, 0.3) is 0 Å². The topological polar surface area (TPSA) is 66.8 Å². The van der Waals surface area contributed by atoms with E-state index in [9.17, 15) is 17.9 Å². The Labute approximate surface area is 118 Å². The molecule has 1 fully saturated rings. The number of nitrogens with zero attached hydrogens (tertiary/aromatic N) is 1. The van der Waals surface area contributed by atoms with Gasteiger partial charge in [-0.1, -0.05) is 6.07 Å². The fraction of sp³-hybridized carbons (Fsp3) is 0.538. The molecule has 1 heterocycles. The molecule has 1 aliphatic rings. The van der Waals surface area contributed by atoms with Gasteiger partial charge in [-0.05, 0) is 31.0 Å². The van der Waals surface area contributed by atoms with Crippen molar-refractivity contribution in [1.29, 1.82) is 0 Å². The molecule has 0 saturated carbocycles. The van der Waals surface area contributed by atoms with Gasteiger partial charge in [0.15, 0.2) is 0 Å². The van der Waals surface area contributed by atoms with Crippen molar-refractivity contribution in [3.8, 4) is 0 Å². The molecule has 112 valence electrons. The molecule has 0 spiro atoms. The molecule has 7 heteroatoms. The summed E-state index contributed by atoms with van der Waals surface area (Å²) in [4.78, 5) is -0.193. The van der Waals surface area contributed by atoms with Gasteiger partial charge in [0.1, 0.15) is 5.82 Å². The first-order valence-electron chi connectivity index (χ1n) is 6.37. The number of aliphatic hydroxyl groups is 1. The Morgan fingerprint density at radius 1 is 1.50 bits per heavy atom. The van der Waals surface area contributed by atoms with E-state index in [0.29, 0.717) is 13.0 Å². The van der Waals surface area contributed by atoms with Gasteiger partial charge >= 0.3 is 0 Å². The molecule has 20 heavy (non-hydrogen) atoms. The number of aliphatic hydroxyl groups excluding tert-OH is 1. The summed E-state index contributed by atoms with van der Waals surface area (Å²) in [5.41, 5.74) is 0.185. The highest BCUT2D eigenvalue weighted by Crippen LogP contribution is 2.27. The van der Waals surface area contributed by atoms with E-state index in [2.05, 4.69) is 0 Å². The highest BCUT2D eigenvalue weighted by atomic mass is 32.2. The minimum Gasteiger partial charge on any atom is -0.392 e. The first-order valence-corrected chi connectivity index (χ1v) is 7.81. The third-order valence-electron chi connectivity index (χ3n) is 3.66. The lowest BCUT2D eigenvalue weighted by molar-refractivity contribution is 0.102. The van der Waals surface area contributed by atoms with Crippen LogP contribution in [0.3, 0.4) is 0 Å². The van der Waals surface area contributed by atoms with Crippen LogP contribution in [0.2, 0.25) is 0 Å². The molecule has 1 aromatic rings. The molecule has 0 radical (unpaired) electrons. The maximum Gasteiger partial charge on any atom is 0.243 e. The molecule has 1 aliphatic heterocycles. The fourth-order valence-corrected chi connectivity index (χ4v) is 4.10. The zero-order valence-corrected chi connectivity index (χ0v) is 12.2. The minimum absolute atomic E-state index is 0.185. The number of ether oxygens (including phenoxy) is 1. The van der Waals surface area contributed by atoms with E-state index in [4.69, 9.17) is 4.74 Å². The van der Waals surface area contributed by atoms with Crippen molar-refractivity contribution in [3.63, 3.8) is 0 Å². The molecule has 0 aliphatic carbocycles. The lowest BCUT2D eigenvalue weighted by Gasteiger charge is -2.26. The van der Waals surface area contributed by atoms with E-state index in [1.54, 1.807) is 0 Å². The van der Waals surface area contributed by atoms with Gasteiger partial charge in [-0.2, -0.15) is 4.31 Å². The van der Waals surface area contributed by atoms with Crippen LogP contribution in [0.4, 0.5) is 4.39 Å². The monoisotopic (exact) mass is 303 g/mol. The number of hydrogen-bond donors (Lipinski definition) is 1. The van der Waals surface area contributed by atoms with Crippen molar-refractivity contribution in [2.24, 2.45) is 0 Å². The number of likely N-dealkylation sites (N-methyl/N-ethyl adjacent to an activating group) is 1. The number of hydrogen-bond acceptors (Lipinski definition) is 4. The zero-order valence-electron chi connectivity index (χ0n) is 11.4. The van der Waals surface area contributed by atoms with Crippen molar-refractivity contribution >= 4 is 10.0 Å². The van der Waals surface area contributed by atoms with Crippen molar-refractivity contribution in [2.75, 3.05) is 13.7 Å². The molecule has 1 saturated heterocycles. The predicted octanol–water partition coefficient (Wildman–Crippen LogP) is 1.12. The minimum atomic E-state index is -3.87. The van der Waals surface area contributed by atoms with E-state index in [-0.39, 0.29) is 22.6 Å². The predicted molar refractivity (Wildman–Crippen MR) is 71.1 cm³/mol. The lowest BCUT2D eigenvalue weighted by atomic mass is 10.2. The maximum absolute atomic E-state index is 13.3. The number of benzene rings is 1. The van der Waals surface area contributed by atoms with Crippen LogP contribution in [-0.4, -0.2) is 43.6 Å². The Morgan fingerprint density at radius 2 is 2.20 bits per heavy atom. The average molecular weight is 303 g/mol. The zero-order chi connectivity index (χ0) is 14.9. The second-order valence-electron chi connectivity index (χ2n) is 4.86. The van der Waals surface area contributed by atoms with Gasteiger partial charge in [0.2, 0.25) is 10.0 Å². The molecule has 2 unspecified atom stereocenters.